The van der Waals surface area contributed by atoms with Gasteiger partial charge in [-0.2, -0.15) is 0 Å². The third-order valence-corrected chi connectivity index (χ3v) is 2.36. The molecule has 1 aliphatic heterocycles. The first-order valence-electron chi connectivity index (χ1n) is 4.86. The SMILES string of the molecule is C1CNC1.NC1CCCCC1. The molecule has 0 atom stereocenters. The summed E-state index contributed by atoms with van der Waals surface area (Å²) in [6, 6.07) is 0.536. The fraction of sp³-hybridized carbons (Fsp3) is 1.00. The summed E-state index contributed by atoms with van der Waals surface area (Å²) in [5.41, 5.74) is 5.63. The summed E-state index contributed by atoms with van der Waals surface area (Å²) in [6.07, 6.45) is 8.05. The van der Waals surface area contributed by atoms with Crippen molar-refractivity contribution in [3.05, 3.63) is 0 Å². The Kier molecular flexibility index (Phi) is 4.55. The molecular formula is C9H20N2. The van der Waals surface area contributed by atoms with Crippen LogP contribution in [0.15, 0.2) is 0 Å². The third-order valence-electron chi connectivity index (χ3n) is 2.36. The van der Waals surface area contributed by atoms with Crippen molar-refractivity contribution in [3.8, 4) is 0 Å². The van der Waals surface area contributed by atoms with Crippen LogP contribution >= 0.6 is 0 Å². The van der Waals surface area contributed by atoms with Gasteiger partial charge in [-0.3, -0.25) is 0 Å². The van der Waals surface area contributed by atoms with Crippen LogP contribution < -0.4 is 11.1 Å². The maximum atomic E-state index is 5.63. The van der Waals surface area contributed by atoms with Crippen LogP contribution in [-0.4, -0.2) is 19.1 Å². The maximum absolute atomic E-state index is 5.63. The molecule has 0 radical (unpaired) electrons. The van der Waals surface area contributed by atoms with Crippen LogP contribution in [0.2, 0.25) is 0 Å². The first-order valence-corrected chi connectivity index (χ1v) is 4.86. The summed E-state index contributed by atoms with van der Waals surface area (Å²) in [5, 5.41) is 3.11. The van der Waals surface area contributed by atoms with E-state index in [-0.39, 0.29) is 0 Å². The van der Waals surface area contributed by atoms with Gasteiger partial charge in [-0.05, 0) is 32.4 Å². The molecule has 0 amide bonds. The van der Waals surface area contributed by atoms with Crippen molar-refractivity contribution in [1.82, 2.24) is 5.32 Å². The highest BCUT2D eigenvalue weighted by Gasteiger charge is 2.06. The molecule has 66 valence electrons. The summed E-state index contributed by atoms with van der Waals surface area (Å²) >= 11 is 0. The van der Waals surface area contributed by atoms with E-state index >= 15 is 0 Å². The van der Waals surface area contributed by atoms with E-state index in [4.69, 9.17) is 5.73 Å². The number of hydrogen-bond acceptors (Lipinski definition) is 2. The topological polar surface area (TPSA) is 38.0 Å². The van der Waals surface area contributed by atoms with Crippen LogP contribution in [0.25, 0.3) is 0 Å². The van der Waals surface area contributed by atoms with Crippen molar-refractivity contribution in [2.24, 2.45) is 5.73 Å². The Balaban J connectivity index is 0.000000128. The molecule has 2 heteroatoms. The Morgan fingerprint density at radius 3 is 1.55 bits per heavy atom. The van der Waals surface area contributed by atoms with Gasteiger partial charge in [0.05, 0.1) is 0 Å². The van der Waals surface area contributed by atoms with Crippen LogP contribution in [0.5, 0.6) is 0 Å². The third kappa shape index (κ3) is 4.38. The van der Waals surface area contributed by atoms with Crippen LogP contribution in [-0.2, 0) is 0 Å². The number of rotatable bonds is 0. The fourth-order valence-corrected chi connectivity index (χ4v) is 1.31. The zero-order valence-electron chi connectivity index (χ0n) is 7.31. The Labute approximate surface area is 69.5 Å². The van der Waals surface area contributed by atoms with Crippen molar-refractivity contribution in [3.63, 3.8) is 0 Å². The highest BCUT2D eigenvalue weighted by molar-refractivity contribution is 4.66. The molecule has 2 aliphatic rings. The molecule has 3 N–H and O–H groups in total. The van der Waals surface area contributed by atoms with Gasteiger partial charge in [0, 0.05) is 6.04 Å². The van der Waals surface area contributed by atoms with Gasteiger partial charge in [0.1, 0.15) is 0 Å². The largest absolute Gasteiger partial charge is 0.328 e. The molecule has 1 saturated carbocycles. The molecule has 0 aromatic heterocycles. The minimum absolute atomic E-state index is 0.536. The minimum atomic E-state index is 0.536. The van der Waals surface area contributed by atoms with E-state index in [1.165, 1.54) is 51.6 Å². The number of nitrogens with one attached hydrogen (secondary N) is 1. The van der Waals surface area contributed by atoms with Crippen molar-refractivity contribution in [2.45, 2.75) is 44.6 Å². The summed E-state index contributed by atoms with van der Waals surface area (Å²) in [6.45, 7) is 2.50. The molecule has 11 heavy (non-hydrogen) atoms. The zero-order valence-corrected chi connectivity index (χ0v) is 7.31. The highest BCUT2D eigenvalue weighted by Crippen LogP contribution is 2.14. The lowest BCUT2D eigenvalue weighted by molar-refractivity contribution is 0.441. The molecule has 0 bridgehead atoms. The first-order chi connectivity index (χ1) is 5.39. The summed E-state index contributed by atoms with van der Waals surface area (Å²) in [5.74, 6) is 0. The lowest BCUT2D eigenvalue weighted by atomic mass is 9.97. The average molecular weight is 156 g/mol. The van der Waals surface area contributed by atoms with E-state index in [0.717, 1.165) is 0 Å². The molecule has 1 saturated heterocycles. The summed E-state index contributed by atoms with van der Waals surface area (Å²) in [7, 11) is 0. The fourth-order valence-electron chi connectivity index (χ4n) is 1.31. The standard InChI is InChI=1S/C6H13N.C3H7N/c7-6-4-2-1-3-5-6;1-2-4-3-1/h6H,1-5,7H2;4H,1-3H2. The average Bonchev–Trinajstić information content (AvgIpc) is 1.85. The summed E-state index contributed by atoms with van der Waals surface area (Å²) < 4.78 is 0. The lowest BCUT2D eigenvalue weighted by Crippen LogP contribution is -2.29. The van der Waals surface area contributed by atoms with Gasteiger partial charge in [-0.25, -0.2) is 0 Å². The van der Waals surface area contributed by atoms with Gasteiger partial charge >= 0.3 is 0 Å². The van der Waals surface area contributed by atoms with Crippen LogP contribution in [0.1, 0.15) is 38.5 Å². The second-order valence-electron chi connectivity index (χ2n) is 3.50. The van der Waals surface area contributed by atoms with Crippen LogP contribution in [0.3, 0.4) is 0 Å². The normalized spacial score (nSPS) is 24.8. The molecule has 0 spiro atoms. The van der Waals surface area contributed by atoms with Crippen LogP contribution in [0.4, 0.5) is 0 Å². The van der Waals surface area contributed by atoms with E-state index in [1.807, 2.05) is 0 Å². The molecule has 1 aliphatic carbocycles. The summed E-state index contributed by atoms with van der Waals surface area (Å²) in [4.78, 5) is 0. The van der Waals surface area contributed by atoms with E-state index in [2.05, 4.69) is 5.32 Å². The van der Waals surface area contributed by atoms with E-state index in [9.17, 15) is 0 Å². The van der Waals surface area contributed by atoms with E-state index in [0.29, 0.717) is 6.04 Å². The predicted octanol–water partition coefficient (Wildman–Crippen LogP) is 1.26. The number of nitrogens with two attached hydrogens (primary N) is 1. The molecule has 2 rings (SSSR count). The minimum Gasteiger partial charge on any atom is -0.328 e. The molecule has 2 nitrogen and oxygen atoms in total. The van der Waals surface area contributed by atoms with Gasteiger partial charge in [-0.15, -0.1) is 0 Å². The first kappa shape index (κ1) is 9.01. The Morgan fingerprint density at radius 1 is 0.909 bits per heavy atom. The quantitative estimate of drug-likeness (QED) is 0.554. The Bertz CT molecular complexity index is 79.6. The molecular weight excluding hydrogens is 136 g/mol. The second kappa shape index (κ2) is 5.56. The highest BCUT2D eigenvalue weighted by atomic mass is 14.9. The van der Waals surface area contributed by atoms with E-state index in [1.54, 1.807) is 0 Å². The smallest absolute Gasteiger partial charge is 0.00388 e. The Morgan fingerprint density at radius 2 is 1.36 bits per heavy atom. The second-order valence-corrected chi connectivity index (χ2v) is 3.50. The molecule has 2 fully saturated rings. The predicted molar refractivity (Wildman–Crippen MR) is 48.5 cm³/mol. The van der Waals surface area contributed by atoms with Crippen molar-refractivity contribution in [1.29, 1.82) is 0 Å². The van der Waals surface area contributed by atoms with Gasteiger partial charge in [0.2, 0.25) is 0 Å². The van der Waals surface area contributed by atoms with Gasteiger partial charge in [-0.1, -0.05) is 19.3 Å². The maximum Gasteiger partial charge on any atom is 0.00388 e. The van der Waals surface area contributed by atoms with Gasteiger partial charge in [0.15, 0.2) is 0 Å². The van der Waals surface area contributed by atoms with Crippen LogP contribution in [0, 0.1) is 0 Å². The molecule has 0 aromatic carbocycles. The van der Waals surface area contributed by atoms with Gasteiger partial charge in [0.25, 0.3) is 0 Å². The van der Waals surface area contributed by atoms with Crippen molar-refractivity contribution in [2.75, 3.05) is 13.1 Å². The molecule has 0 aromatic rings. The zero-order chi connectivity index (χ0) is 7.94. The number of hydrogen-bond donors (Lipinski definition) is 2. The van der Waals surface area contributed by atoms with E-state index < -0.39 is 0 Å². The lowest BCUT2D eigenvalue weighted by Gasteiger charge is -2.15. The monoisotopic (exact) mass is 156 g/mol. The van der Waals surface area contributed by atoms with Gasteiger partial charge < -0.3 is 11.1 Å². The van der Waals surface area contributed by atoms with Crippen molar-refractivity contribution < 1.29 is 0 Å². The molecule has 1 heterocycles. The Hall–Kier alpha value is -0.0800. The van der Waals surface area contributed by atoms with Crippen molar-refractivity contribution >= 4 is 0 Å². The molecule has 0 unspecified atom stereocenters.